The average molecular weight is 209 g/mol. The minimum Gasteiger partial charge on any atom is -0.225 e. The molecule has 0 aliphatic heterocycles. The van der Waals surface area contributed by atoms with Gasteiger partial charge in [-0.3, -0.25) is 0 Å². The number of hydrogen-bond acceptors (Lipinski definition) is 2. The Morgan fingerprint density at radius 2 is 1.86 bits per heavy atom. The zero-order valence-corrected chi connectivity index (χ0v) is 8.64. The summed E-state index contributed by atoms with van der Waals surface area (Å²) in [6.45, 7) is 1.76. The predicted molar refractivity (Wildman–Crippen MR) is 55.0 cm³/mol. The van der Waals surface area contributed by atoms with Gasteiger partial charge in [0.25, 0.3) is 0 Å². The number of hydrogen-bond donors (Lipinski definition) is 1. The Bertz CT molecular complexity index is 463. The van der Waals surface area contributed by atoms with Crippen molar-refractivity contribution in [2.75, 3.05) is 0 Å². The molecule has 0 saturated carbocycles. The Morgan fingerprint density at radius 1 is 1.29 bits per heavy atom. The molecule has 0 aromatic heterocycles. The minimum atomic E-state index is -3.58. The van der Waals surface area contributed by atoms with E-state index in [0.717, 1.165) is 5.56 Å². The summed E-state index contributed by atoms with van der Waals surface area (Å²) in [5.41, 5.74) is 0.978. The smallest absolute Gasteiger partial charge is 0.225 e. The number of nitrogens with two attached hydrogens (primary N) is 1. The van der Waals surface area contributed by atoms with Crippen molar-refractivity contribution in [1.29, 1.82) is 0 Å². The van der Waals surface area contributed by atoms with Crippen molar-refractivity contribution in [3.63, 3.8) is 0 Å². The number of benzene rings is 1. The molecule has 0 aliphatic carbocycles. The van der Waals surface area contributed by atoms with Crippen LogP contribution in [0.4, 0.5) is 0 Å². The van der Waals surface area contributed by atoms with Crippen molar-refractivity contribution in [1.82, 2.24) is 0 Å². The summed E-state index contributed by atoms with van der Waals surface area (Å²) in [7, 11) is -3.58. The summed E-state index contributed by atoms with van der Waals surface area (Å²) >= 11 is 0. The highest BCUT2D eigenvalue weighted by atomic mass is 32.2. The van der Waals surface area contributed by atoms with E-state index < -0.39 is 10.0 Å². The molecule has 0 aliphatic rings. The normalized spacial score (nSPS) is 10.4. The second kappa shape index (κ2) is 4.27. The topological polar surface area (TPSA) is 60.2 Å². The first-order valence-electron chi connectivity index (χ1n) is 4.05. The summed E-state index contributed by atoms with van der Waals surface area (Å²) in [5, 5.41) is 4.95. The van der Waals surface area contributed by atoms with E-state index in [1.165, 1.54) is 12.1 Å². The van der Waals surface area contributed by atoms with Crippen LogP contribution in [-0.4, -0.2) is 8.42 Å². The van der Waals surface area contributed by atoms with Crippen LogP contribution in [0.3, 0.4) is 0 Å². The van der Waals surface area contributed by atoms with Crippen LogP contribution in [0.5, 0.6) is 0 Å². The molecule has 0 radical (unpaired) electrons. The van der Waals surface area contributed by atoms with E-state index in [2.05, 4.69) is 11.8 Å². The second-order valence-corrected chi connectivity index (χ2v) is 4.35. The van der Waals surface area contributed by atoms with Gasteiger partial charge in [0.05, 0.1) is 4.90 Å². The van der Waals surface area contributed by atoms with Crippen molar-refractivity contribution >= 4 is 10.0 Å². The Kier molecular flexibility index (Phi) is 3.28. The van der Waals surface area contributed by atoms with E-state index in [1.807, 2.05) is 0 Å². The molecule has 0 unspecified atom stereocenters. The molecule has 0 atom stereocenters. The predicted octanol–water partition coefficient (Wildman–Crippen LogP) is 0.900. The van der Waals surface area contributed by atoms with Gasteiger partial charge in [0.2, 0.25) is 10.0 Å². The molecule has 1 aromatic rings. The largest absolute Gasteiger partial charge is 0.238 e. The lowest BCUT2D eigenvalue weighted by Gasteiger charge is -1.98. The van der Waals surface area contributed by atoms with Crippen LogP contribution in [0.25, 0.3) is 0 Å². The zero-order valence-electron chi connectivity index (χ0n) is 7.82. The molecule has 1 aromatic carbocycles. The lowest BCUT2D eigenvalue weighted by molar-refractivity contribution is 0.598. The highest BCUT2D eigenvalue weighted by Gasteiger charge is 2.05. The molecule has 2 N–H and O–H groups in total. The standard InChI is InChI=1S/C10H11NO2S/c1-2-3-4-9-5-7-10(8-6-9)14(11,12)13/h5-8H,4H2,1H3,(H2,11,12,13). The first kappa shape index (κ1) is 10.8. The zero-order chi connectivity index (χ0) is 10.6. The van der Waals surface area contributed by atoms with Gasteiger partial charge in [-0.2, -0.15) is 0 Å². The van der Waals surface area contributed by atoms with Gasteiger partial charge in [0.15, 0.2) is 0 Å². The van der Waals surface area contributed by atoms with E-state index in [1.54, 1.807) is 19.1 Å². The quantitative estimate of drug-likeness (QED) is 0.736. The molecular weight excluding hydrogens is 198 g/mol. The van der Waals surface area contributed by atoms with E-state index in [-0.39, 0.29) is 4.90 Å². The SMILES string of the molecule is CC#CCc1ccc(S(N)(=O)=O)cc1. The number of rotatable bonds is 2. The summed E-state index contributed by atoms with van der Waals surface area (Å²) in [5.74, 6) is 5.66. The molecule has 1 rings (SSSR count). The second-order valence-electron chi connectivity index (χ2n) is 2.79. The van der Waals surface area contributed by atoms with Crippen molar-refractivity contribution in [3.05, 3.63) is 29.8 Å². The van der Waals surface area contributed by atoms with E-state index in [0.29, 0.717) is 6.42 Å². The molecule has 14 heavy (non-hydrogen) atoms. The summed E-state index contributed by atoms with van der Waals surface area (Å²) in [6.07, 6.45) is 0.626. The van der Waals surface area contributed by atoms with Gasteiger partial charge in [-0.15, -0.1) is 5.92 Å². The van der Waals surface area contributed by atoms with E-state index in [4.69, 9.17) is 5.14 Å². The first-order valence-corrected chi connectivity index (χ1v) is 5.60. The molecule has 0 saturated heterocycles. The van der Waals surface area contributed by atoms with Gasteiger partial charge in [-0.05, 0) is 24.6 Å². The Balaban J connectivity index is 2.93. The van der Waals surface area contributed by atoms with Gasteiger partial charge in [-0.25, -0.2) is 13.6 Å². The molecule has 74 valence electrons. The molecule has 0 bridgehead atoms. The minimum absolute atomic E-state index is 0.130. The van der Waals surface area contributed by atoms with E-state index in [9.17, 15) is 8.42 Å². The van der Waals surface area contributed by atoms with Crippen LogP contribution >= 0.6 is 0 Å². The molecule has 4 heteroatoms. The molecule has 0 fully saturated rings. The summed E-state index contributed by atoms with van der Waals surface area (Å²) < 4.78 is 21.8. The lowest BCUT2D eigenvalue weighted by Crippen LogP contribution is -2.11. The third kappa shape index (κ3) is 2.87. The molecule has 0 spiro atoms. The van der Waals surface area contributed by atoms with Gasteiger partial charge in [-0.1, -0.05) is 18.1 Å². The number of sulfonamides is 1. The van der Waals surface area contributed by atoms with Crippen LogP contribution in [-0.2, 0) is 16.4 Å². The average Bonchev–Trinajstić information content (AvgIpc) is 2.14. The van der Waals surface area contributed by atoms with Gasteiger partial charge in [0, 0.05) is 6.42 Å². The maximum Gasteiger partial charge on any atom is 0.238 e. The van der Waals surface area contributed by atoms with Crippen LogP contribution < -0.4 is 5.14 Å². The Morgan fingerprint density at radius 3 is 2.29 bits per heavy atom. The van der Waals surface area contributed by atoms with Gasteiger partial charge < -0.3 is 0 Å². The van der Waals surface area contributed by atoms with E-state index >= 15 is 0 Å². The maximum atomic E-state index is 10.9. The molecule has 0 amide bonds. The highest BCUT2D eigenvalue weighted by molar-refractivity contribution is 7.89. The van der Waals surface area contributed by atoms with Crippen molar-refractivity contribution in [2.24, 2.45) is 5.14 Å². The van der Waals surface area contributed by atoms with Crippen LogP contribution in [0.1, 0.15) is 12.5 Å². The van der Waals surface area contributed by atoms with Crippen molar-refractivity contribution in [3.8, 4) is 11.8 Å². The third-order valence-corrected chi connectivity index (χ3v) is 2.65. The summed E-state index contributed by atoms with van der Waals surface area (Å²) in [4.78, 5) is 0.130. The van der Waals surface area contributed by atoms with Gasteiger partial charge >= 0.3 is 0 Å². The summed E-state index contributed by atoms with van der Waals surface area (Å²) in [6, 6.07) is 6.40. The van der Waals surface area contributed by atoms with Gasteiger partial charge in [0.1, 0.15) is 0 Å². The van der Waals surface area contributed by atoms with Crippen molar-refractivity contribution < 1.29 is 8.42 Å². The highest BCUT2D eigenvalue weighted by Crippen LogP contribution is 2.08. The first-order chi connectivity index (χ1) is 6.54. The Hall–Kier alpha value is -1.31. The fourth-order valence-corrected chi connectivity index (χ4v) is 1.50. The number of primary sulfonamides is 1. The van der Waals surface area contributed by atoms with Crippen LogP contribution in [0.15, 0.2) is 29.2 Å². The van der Waals surface area contributed by atoms with Crippen molar-refractivity contribution in [2.45, 2.75) is 18.2 Å². The monoisotopic (exact) mass is 209 g/mol. The molecular formula is C10H11NO2S. The molecule has 3 nitrogen and oxygen atoms in total. The lowest BCUT2D eigenvalue weighted by atomic mass is 10.2. The van der Waals surface area contributed by atoms with Crippen LogP contribution in [0.2, 0.25) is 0 Å². The fourth-order valence-electron chi connectivity index (χ4n) is 0.987. The molecule has 0 heterocycles. The Labute approximate surface area is 84.0 Å². The van der Waals surface area contributed by atoms with Crippen LogP contribution in [0, 0.1) is 11.8 Å². The maximum absolute atomic E-state index is 10.9. The third-order valence-electron chi connectivity index (χ3n) is 1.72. The fraction of sp³-hybridized carbons (Fsp3) is 0.200.